The van der Waals surface area contributed by atoms with Crippen molar-refractivity contribution in [3.8, 4) is 0 Å². The molecule has 21 heavy (non-hydrogen) atoms. The topological polar surface area (TPSA) is 53.4 Å². The molecule has 1 saturated heterocycles. The number of anilines is 1. The molecule has 4 nitrogen and oxygen atoms in total. The number of hydrogen-bond acceptors (Lipinski definition) is 3. The van der Waals surface area contributed by atoms with Crippen LogP contribution in [0.5, 0.6) is 0 Å². The number of rotatable bonds is 3. The first-order valence-corrected chi connectivity index (χ1v) is 7.86. The Morgan fingerprint density at radius 3 is 2.67 bits per heavy atom. The van der Waals surface area contributed by atoms with Crippen LogP contribution in [0.1, 0.15) is 54.9 Å². The van der Waals surface area contributed by atoms with Gasteiger partial charge in [0.05, 0.1) is 11.4 Å². The molecular formula is C17H26N2O2. The second-order valence-electron chi connectivity index (χ2n) is 6.47. The fraction of sp³-hybridized carbons (Fsp3) is 0.647. The van der Waals surface area contributed by atoms with Gasteiger partial charge in [0.15, 0.2) is 0 Å². The smallest absolute Gasteiger partial charge is 0.339 e. The van der Waals surface area contributed by atoms with E-state index in [2.05, 4.69) is 23.7 Å². The van der Waals surface area contributed by atoms with Gasteiger partial charge < -0.3 is 10.0 Å². The van der Waals surface area contributed by atoms with Crippen molar-refractivity contribution < 1.29 is 9.90 Å². The summed E-state index contributed by atoms with van der Waals surface area (Å²) in [6.07, 6.45) is 3.50. The molecule has 1 atom stereocenters. The third kappa shape index (κ3) is 3.55. The Morgan fingerprint density at radius 1 is 1.33 bits per heavy atom. The van der Waals surface area contributed by atoms with E-state index in [1.165, 1.54) is 6.42 Å². The summed E-state index contributed by atoms with van der Waals surface area (Å²) in [4.78, 5) is 18.1. The highest BCUT2D eigenvalue weighted by Crippen LogP contribution is 2.30. The van der Waals surface area contributed by atoms with Crippen LogP contribution in [0.3, 0.4) is 0 Å². The summed E-state index contributed by atoms with van der Waals surface area (Å²) in [5, 5.41) is 9.51. The number of carboxylic acid groups (broad SMARTS) is 1. The van der Waals surface area contributed by atoms with Gasteiger partial charge in [-0.05, 0) is 51.0 Å². The van der Waals surface area contributed by atoms with Gasteiger partial charge in [0.2, 0.25) is 0 Å². The molecule has 1 aliphatic rings. The molecule has 1 N–H and O–H groups in total. The standard InChI is InChI=1S/C17H26N2O2/c1-11(2)14-6-5-8-19(9-7-14)15-10-12(3)18-13(4)16(15)17(20)21/h10-11,14H,5-9H2,1-4H3,(H,20,21). The minimum Gasteiger partial charge on any atom is -0.478 e. The van der Waals surface area contributed by atoms with Crippen molar-refractivity contribution in [3.05, 3.63) is 23.0 Å². The highest BCUT2D eigenvalue weighted by Gasteiger charge is 2.24. The molecule has 1 aromatic rings. The summed E-state index contributed by atoms with van der Waals surface area (Å²) in [5.41, 5.74) is 2.71. The maximum atomic E-state index is 11.6. The van der Waals surface area contributed by atoms with Gasteiger partial charge in [-0.25, -0.2) is 4.79 Å². The number of carboxylic acids is 1. The Morgan fingerprint density at radius 2 is 2.05 bits per heavy atom. The molecule has 2 rings (SSSR count). The lowest BCUT2D eigenvalue weighted by atomic mass is 9.89. The highest BCUT2D eigenvalue weighted by atomic mass is 16.4. The second kappa shape index (κ2) is 6.46. The van der Waals surface area contributed by atoms with E-state index in [-0.39, 0.29) is 0 Å². The molecule has 116 valence electrons. The Balaban J connectivity index is 2.31. The van der Waals surface area contributed by atoms with Crippen molar-refractivity contribution in [1.29, 1.82) is 0 Å². The van der Waals surface area contributed by atoms with Gasteiger partial charge in [-0.2, -0.15) is 0 Å². The van der Waals surface area contributed by atoms with E-state index in [9.17, 15) is 9.90 Å². The molecule has 0 radical (unpaired) electrons. The monoisotopic (exact) mass is 290 g/mol. The van der Waals surface area contributed by atoms with E-state index in [4.69, 9.17) is 0 Å². The summed E-state index contributed by atoms with van der Waals surface area (Å²) >= 11 is 0. The van der Waals surface area contributed by atoms with Crippen molar-refractivity contribution in [2.75, 3.05) is 18.0 Å². The van der Waals surface area contributed by atoms with Gasteiger partial charge in [0.1, 0.15) is 5.56 Å². The van der Waals surface area contributed by atoms with Crippen LogP contribution in [0.25, 0.3) is 0 Å². The summed E-state index contributed by atoms with van der Waals surface area (Å²) in [7, 11) is 0. The number of aromatic nitrogens is 1. The summed E-state index contributed by atoms with van der Waals surface area (Å²) in [6, 6.07) is 1.92. The average molecular weight is 290 g/mol. The zero-order valence-corrected chi connectivity index (χ0v) is 13.5. The fourth-order valence-corrected chi connectivity index (χ4v) is 3.35. The third-order valence-electron chi connectivity index (χ3n) is 4.58. The largest absolute Gasteiger partial charge is 0.478 e. The van der Waals surface area contributed by atoms with E-state index in [0.29, 0.717) is 17.2 Å². The van der Waals surface area contributed by atoms with Crippen molar-refractivity contribution in [3.63, 3.8) is 0 Å². The van der Waals surface area contributed by atoms with E-state index < -0.39 is 5.97 Å². The van der Waals surface area contributed by atoms with E-state index in [1.54, 1.807) is 6.92 Å². The Kier molecular flexibility index (Phi) is 4.86. The molecule has 2 heterocycles. The minimum atomic E-state index is -0.875. The van der Waals surface area contributed by atoms with Crippen molar-refractivity contribution in [2.24, 2.45) is 11.8 Å². The molecule has 1 fully saturated rings. The molecule has 1 aliphatic heterocycles. The number of nitrogens with zero attached hydrogens (tertiary/aromatic N) is 2. The second-order valence-corrected chi connectivity index (χ2v) is 6.47. The van der Waals surface area contributed by atoms with E-state index >= 15 is 0 Å². The molecule has 0 spiro atoms. The van der Waals surface area contributed by atoms with Gasteiger partial charge in [-0.1, -0.05) is 13.8 Å². The molecule has 4 heteroatoms. The Hall–Kier alpha value is -1.58. The van der Waals surface area contributed by atoms with Gasteiger partial charge >= 0.3 is 5.97 Å². The predicted molar refractivity (Wildman–Crippen MR) is 85.1 cm³/mol. The van der Waals surface area contributed by atoms with Gasteiger partial charge in [-0.15, -0.1) is 0 Å². The molecule has 0 amide bonds. The van der Waals surface area contributed by atoms with Gasteiger partial charge in [0.25, 0.3) is 0 Å². The Bertz CT molecular complexity index is 526. The zero-order chi connectivity index (χ0) is 15.6. The minimum absolute atomic E-state index is 0.364. The van der Waals surface area contributed by atoms with Crippen molar-refractivity contribution in [1.82, 2.24) is 4.98 Å². The number of carbonyl (C=O) groups is 1. The maximum Gasteiger partial charge on any atom is 0.339 e. The van der Waals surface area contributed by atoms with Crippen molar-refractivity contribution >= 4 is 11.7 Å². The Labute approximate surface area is 127 Å². The van der Waals surface area contributed by atoms with Crippen molar-refractivity contribution in [2.45, 2.75) is 47.0 Å². The van der Waals surface area contributed by atoms with Crippen LogP contribution in [-0.4, -0.2) is 29.1 Å². The molecular weight excluding hydrogens is 264 g/mol. The lowest BCUT2D eigenvalue weighted by molar-refractivity contribution is 0.0696. The van der Waals surface area contributed by atoms with Crippen LogP contribution in [0.15, 0.2) is 6.07 Å². The van der Waals surface area contributed by atoms with Crippen LogP contribution in [0.2, 0.25) is 0 Å². The maximum absolute atomic E-state index is 11.6. The quantitative estimate of drug-likeness (QED) is 0.923. The highest BCUT2D eigenvalue weighted by molar-refractivity contribution is 5.95. The van der Waals surface area contributed by atoms with Gasteiger partial charge in [0, 0.05) is 18.8 Å². The van der Waals surface area contributed by atoms with E-state index in [0.717, 1.165) is 43.2 Å². The number of hydrogen-bond donors (Lipinski definition) is 1. The molecule has 0 aromatic carbocycles. The first kappa shape index (κ1) is 15.8. The molecule has 0 aliphatic carbocycles. The first-order chi connectivity index (χ1) is 9.90. The number of aryl methyl sites for hydroxylation is 2. The third-order valence-corrected chi connectivity index (χ3v) is 4.58. The van der Waals surface area contributed by atoms with Crippen LogP contribution in [0, 0.1) is 25.7 Å². The lowest BCUT2D eigenvalue weighted by Gasteiger charge is -2.26. The lowest BCUT2D eigenvalue weighted by Crippen LogP contribution is -2.27. The van der Waals surface area contributed by atoms with Crippen LogP contribution in [-0.2, 0) is 0 Å². The molecule has 1 unspecified atom stereocenters. The summed E-state index contributed by atoms with van der Waals surface area (Å²) in [6.45, 7) is 10.2. The number of aromatic carboxylic acids is 1. The van der Waals surface area contributed by atoms with Crippen LogP contribution < -0.4 is 4.90 Å². The predicted octanol–water partition coefficient (Wildman–Crippen LogP) is 3.66. The summed E-state index contributed by atoms with van der Waals surface area (Å²) < 4.78 is 0. The SMILES string of the molecule is Cc1cc(N2CCCC(C(C)C)CC2)c(C(=O)O)c(C)n1. The number of pyridine rings is 1. The molecule has 0 saturated carbocycles. The van der Waals surface area contributed by atoms with E-state index in [1.807, 2.05) is 13.0 Å². The average Bonchev–Trinajstić information content (AvgIpc) is 2.62. The zero-order valence-electron chi connectivity index (χ0n) is 13.5. The van der Waals surface area contributed by atoms with Crippen LogP contribution >= 0.6 is 0 Å². The van der Waals surface area contributed by atoms with Crippen LogP contribution in [0.4, 0.5) is 5.69 Å². The first-order valence-electron chi connectivity index (χ1n) is 7.86. The molecule has 0 bridgehead atoms. The normalized spacial score (nSPS) is 19.7. The molecule has 1 aromatic heterocycles. The fourth-order valence-electron chi connectivity index (χ4n) is 3.35. The summed E-state index contributed by atoms with van der Waals surface area (Å²) in [5.74, 6) is 0.566. The van der Waals surface area contributed by atoms with Gasteiger partial charge in [-0.3, -0.25) is 4.98 Å².